The van der Waals surface area contributed by atoms with Gasteiger partial charge in [-0.05, 0) is 36.2 Å². The molecule has 0 spiro atoms. The Balaban J connectivity index is 2.73. The Labute approximate surface area is 116 Å². The van der Waals surface area contributed by atoms with Gasteiger partial charge in [-0.2, -0.15) is 0 Å². The summed E-state index contributed by atoms with van der Waals surface area (Å²) < 4.78 is 5.05. The molecule has 0 radical (unpaired) electrons. The first kappa shape index (κ1) is 15.8. The van der Waals surface area contributed by atoms with Crippen molar-refractivity contribution >= 4 is 0 Å². The van der Waals surface area contributed by atoms with Crippen molar-refractivity contribution in [2.75, 3.05) is 26.7 Å². The van der Waals surface area contributed by atoms with Crippen LogP contribution in [0.3, 0.4) is 0 Å². The summed E-state index contributed by atoms with van der Waals surface area (Å²) in [5.41, 5.74) is 6.96. The predicted molar refractivity (Wildman–Crippen MR) is 78.4 cm³/mol. The molecule has 3 N–H and O–H groups in total. The number of ether oxygens (including phenoxy) is 1. The second-order valence-corrected chi connectivity index (χ2v) is 5.68. The average Bonchev–Trinajstić information content (AvgIpc) is 2.38. The fraction of sp³-hybridized carbons (Fsp3) is 0.600. The summed E-state index contributed by atoms with van der Waals surface area (Å²) in [7, 11) is 1.55. The maximum atomic E-state index is 9.79. The lowest BCUT2D eigenvalue weighted by molar-refractivity contribution is 0.183. The molecule has 1 aromatic carbocycles. The number of phenolic OH excluding ortho intramolecular Hbond substituents is 1. The second-order valence-electron chi connectivity index (χ2n) is 5.68. The summed E-state index contributed by atoms with van der Waals surface area (Å²) in [6.07, 6.45) is 0. The molecular weight excluding hydrogens is 240 g/mol. The third-order valence-electron chi connectivity index (χ3n) is 3.30. The number of benzene rings is 1. The van der Waals surface area contributed by atoms with Gasteiger partial charge in [0.15, 0.2) is 11.5 Å². The van der Waals surface area contributed by atoms with E-state index in [9.17, 15) is 5.11 Å². The summed E-state index contributed by atoms with van der Waals surface area (Å²) in [6, 6.07) is 5.54. The maximum Gasteiger partial charge on any atom is 0.160 e. The Hall–Kier alpha value is -1.26. The molecule has 0 heterocycles. The van der Waals surface area contributed by atoms with Crippen molar-refractivity contribution in [1.29, 1.82) is 0 Å². The van der Waals surface area contributed by atoms with Crippen LogP contribution in [0.25, 0.3) is 0 Å². The zero-order valence-corrected chi connectivity index (χ0v) is 12.4. The van der Waals surface area contributed by atoms with Gasteiger partial charge in [0.1, 0.15) is 0 Å². The summed E-state index contributed by atoms with van der Waals surface area (Å²) in [4.78, 5) is 2.33. The van der Waals surface area contributed by atoms with Crippen molar-refractivity contribution in [2.24, 2.45) is 11.1 Å². The number of aromatic hydroxyl groups is 1. The van der Waals surface area contributed by atoms with Gasteiger partial charge in [-0.3, -0.25) is 4.90 Å². The van der Waals surface area contributed by atoms with Gasteiger partial charge in [-0.25, -0.2) is 0 Å². The normalized spacial score (nSPS) is 11.9. The van der Waals surface area contributed by atoms with Gasteiger partial charge < -0.3 is 15.6 Å². The zero-order chi connectivity index (χ0) is 14.5. The van der Waals surface area contributed by atoms with Crippen molar-refractivity contribution < 1.29 is 9.84 Å². The van der Waals surface area contributed by atoms with E-state index < -0.39 is 0 Å². The molecule has 0 aliphatic heterocycles. The largest absolute Gasteiger partial charge is 0.504 e. The molecule has 0 amide bonds. The van der Waals surface area contributed by atoms with Crippen LogP contribution in [0.15, 0.2) is 18.2 Å². The molecule has 4 nitrogen and oxygen atoms in total. The van der Waals surface area contributed by atoms with Crippen molar-refractivity contribution in [3.05, 3.63) is 23.8 Å². The van der Waals surface area contributed by atoms with Crippen molar-refractivity contribution in [3.63, 3.8) is 0 Å². The predicted octanol–water partition coefficient (Wildman–Crippen LogP) is 2.21. The van der Waals surface area contributed by atoms with Gasteiger partial charge >= 0.3 is 0 Å². The Morgan fingerprint density at radius 1 is 1.37 bits per heavy atom. The second kappa shape index (κ2) is 6.78. The van der Waals surface area contributed by atoms with Gasteiger partial charge in [0.25, 0.3) is 0 Å². The fourth-order valence-corrected chi connectivity index (χ4v) is 2.04. The quantitative estimate of drug-likeness (QED) is 0.794. The van der Waals surface area contributed by atoms with E-state index in [1.54, 1.807) is 19.2 Å². The average molecular weight is 266 g/mol. The van der Waals surface area contributed by atoms with Gasteiger partial charge in [0.05, 0.1) is 7.11 Å². The number of rotatable bonds is 7. The topological polar surface area (TPSA) is 58.7 Å². The Bertz CT molecular complexity index is 405. The molecule has 0 unspecified atom stereocenters. The van der Waals surface area contributed by atoms with Crippen molar-refractivity contribution in [3.8, 4) is 11.5 Å². The van der Waals surface area contributed by atoms with Crippen LogP contribution in [0.1, 0.15) is 26.3 Å². The van der Waals surface area contributed by atoms with Crippen LogP contribution in [0.4, 0.5) is 0 Å². The highest BCUT2D eigenvalue weighted by Gasteiger charge is 2.19. The summed E-state index contributed by atoms with van der Waals surface area (Å²) in [5, 5.41) is 9.79. The van der Waals surface area contributed by atoms with Crippen LogP contribution in [0, 0.1) is 5.41 Å². The highest BCUT2D eigenvalue weighted by atomic mass is 16.5. The molecule has 0 saturated heterocycles. The number of hydrogen-bond acceptors (Lipinski definition) is 4. The lowest BCUT2D eigenvalue weighted by Crippen LogP contribution is -2.38. The molecule has 108 valence electrons. The first-order valence-corrected chi connectivity index (χ1v) is 6.70. The fourth-order valence-electron chi connectivity index (χ4n) is 2.04. The number of nitrogens with zero attached hydrogens (tertiary/aromatic N) is 1. The van der Waals surface area contributed by atoms with E-state index in [0.717, 1.165) is 25.2 Å². The molecule has 0 fully saturated rings. The summed E-state index contributed by atoms with van der Waals surface area (Å²) >= 11 is 0. The van der Waals surface area contributed by atoms with E-state index in [1.165, 1.54) is 0 Å². The molecule has 0 bridgehead atoms. The Morgan fingerprint density at radius 2 is 2.05 bits per heavy atom. The Morgan fingerprint density at radius 3 is 2.53 bits per heavy atom. The van der Waals surface area contributed by atoms with Crippen molar-refractivity contribution in [2.45, 2.75) is 27.3 Å². The smallest absolute Gasteiger partial charge is 0.160 e. The van der Waals surface area contributed by atoms with Gasteiger partial charge in [0.2, 0.25) is 0 Å². The molecule has 0 saturated carbocycles. The van der Waals surface area contributed by atoms with Gasteiger partial charge in [0, 0.05) is 13.1 Å². The maximum absolute atomic E-state index is 9.79. The van der Waals surface area contributed by atoms with Crippen LogP contribution < -0.4 is 10.5 Å². The molecule has 1 aromatic rings. The van der Waals surface area contributed by atoms with Crippen molar-refractivity contribution in [1.82, 2.24) is 4.90 Å². The van der Waals surface area contributed by atoms with E-state index in [4.69, 9.17) is 10.5 Å². The highest BCUT2D eigenvalue weighted by Crippen LogP contribution is 2.27. The number of phenols is 1. The zero-order valence-electron chi connectivity index (χ0n) is 12.4. The minimum Gasteiger partial charge on any atom is -0.504 e. The highest BCUT2D eigenvalue weighted by molar-refractivity contribution is 5.41. The van der Waals surface area contributed by atoms with E-state index >= 15 is 0 Å². The lowest BCUT2D eigenvalue weighted by atomic mass is 9.93. The monoisotopic (exact) mass is 266 g/mol. The summed E-state index contributed by atoms with van der Waals surface area (Å²) in [6.45, 7) is 9.83. The molecule has 19 heavy (non-hydrogen) atoms. The number of nitrogens with two attached hydrogens (primary N) is 1. The molecule has 0 aliphatic rings. The lowest BCUT2D eigenvalue weighted by Gasteiger charge is -2.31. The molecule has 0 atom stereocenters. The molecule has 4 heteroatoms. The van der Waals surface area contributed by atoms with E-state index in [2.05, 4.69) is 25.7 Å². The van der Waals surface area contributed by atoms with Crippen LogP contribution >= 0.6 is 0 Å². The van der Waals surface area contributed by atoms with E-state index in [1.807, 2.05) is 6.07 Å². The minimum absolute atomic E-state index is 0.102. The molecule has 0 aromatic heterocycles. The molecular formula is C15H26N2O2. The standard InChI is InChI=1S/C15H26N2O2/c1-5-17(11-15(2,3)10-16)9-12-6-7-14(19-4)13(18)8-12/h6-8,18H,5,9-11,16H2,1-4H3. The third kappa shape index (κ3) is 4.73. The number of methoxy groups -OCH3 is 1. The molecule has 1 rings (SSSR count). The minimum atomic E-state index is 0.102. The first-order valence-electron chi connectivity index (χ1n) is 6.70. The Kier molecular flexibility index (Phi) is 5.63. The number of hydrogen-bond donors (Lipinski definition) is 2. The van der Waals surface area contributed by atoms with Crippen LogP contribution in [-0.4, -0.2) is 36.8 Å². The molecule has 0 aliphatic carbocycles. The van der Waals surface area contributed by atoms with Crippen LogP contribution in [0.5, 0.6) is 11.5 Å². The van der Waals surface area contributed by atoms with E-state index in [-0.39, 0.29) is 11.2 Å². The third-order valence-corrected chi connectivity index (χ3v) is 3.30. The van der Waals surface area contributed by atoms with E-state index in [0.29, 0.717) is 12.3 Å². The SMILES string of the molecule is CCN(Cc1ccc(OC)c(O)c1)CC(C)(C)CN. The van der Waals surface area contributed by atoms with Crippen LogP contribution in [-0.2, 0) is 6.54 Å². The van der Waals surface area contributed by atoms with Gasteiger partial charge in [-0.1, -0.05) is 26.8 Å². The van der Waals surface area contributed by atoms with Crippen LogP contribution in [0.2, 0.25) is 0 Å². The first-order chi connectivity index (χ1) is 8.91. The summed E-state index contributed by atoms with van der Waals surface area (Å²) in [5.74, 6) is 0.697. The van der Waals surface area contributed by atoms with Gasteiger partial charge in [-0.15, -0.1) is 0 Å².